The maximum atomic E-state index is 12.5. The molecule has 0 saturated heterocycles. The van der Waals surface area contributed by atoms with E-state index in [1.54, 1.807) is 13.0 Å². The van der Waals surface area contributed by atoms with Crippen LogP contribution in [-0.4, -0.2) is 18.4 Å². The molecule has 0 bridgehead atoms. The lowest BCUT2D eigenvalue weighted by molar-refractivity contribution is 0.567. The van der Waals surface area contributed by atoms with Crippen LogP contribution in [0.4, 0.5) is 0 Å². The van der Waals surface area contributed by atoms with E-state index in [0.717, 1.165) is 5.56 Å². The van der Waals surface area contributed by atoms with Crippen molar-refractivity contribution in [2.24, 2.45) is 0 Å². The van der Waals surface area contributed by atoms with Crippen LogP contribution in [0.1, 0.15) is 18.5 Å². The number of fused-ring (bicyclic) bond motifs is 1. The van der Waals surface area contributed by atoms with Crippen molar-refractivity contribution in [3.05, 3.63) is 64.6 Å². The molecule has 0 fully saturated rings. The van der Waals surface area contributed by atoms with Gasteiger partial charge in [0.25, 0.3) is 0 Å². The van der Waals surface area contributed by atoms with E-state index >= 15 is 0 Å². The third-order valence-corrected chi connectivity index (χ3v) is 4.97. The third kappa shape index (κ3) is 2.81. The molecule has 1 unspecified atom stereocenters. The maximum Gasteiger partial charge on any atom is 0.323 e. The van der Waals surface area contributed by atoms with Crippen LogP contribution in [0.2, 0.25) is 0 Å². The normalized spacial score (nSPS) is 13.3. The highest BCUT2D eigenvalue weighted by Gasteiger charge is 2.19. The predicted octanol–water partition coefficient (Wildman–Crippen LogP) is 1.90. The van der Waals surface area contributed by atoms with Gasteiger partial charge in [-0.3, -0.25) is 0 Å². The fourth-order valence-electron chi connectivity index (χ4n) is 2.29. The molecule has 6 nitrogen and oxygen atoms in total. The van der Waals surface area contributed by atoms with Gasteiger partial charge in [0.15, 0.2) is 0 Å². The summed E-state index contributed by atoms with van der Waals surface area (Å²) in [5.41, 5.74) is 1.54. The Morgan fingerprint density at radius 1 is 1.00 bits per heavy atom. The molecule has 0 amide bonds. The van der Waals surface area contributed by atoms with Gasteiger partial charge in [0, 0.05) is 6.04 Å². The molecule has 0 spiro atoms. The molecular weight excluding hydrogens is 302 g/mol. The molecule has 1 atom stereocenters. The van der Waals surface area contributed by atoms with Crippen LogP contribution in [0.15, 0.2) is 58.2 Å². The van der Waals surface area contributed by atoms with Gasteiger partial charge in [-0.1, -0.05) is 30.3 Å². The first-order valence-corrected chi connectivity index (χ1v) is 8.23. The number of H-pyrrole nitrogens is 2. The highest BCUT2D eigenvalue weighted by molar-refractivity contribution is 7.89. The number of hydrogen-bond acceptors (Lipinski definition) is 3. The molecule has 0 aliphatic rings. The van der Waals surface area contributed by atoms with Gasteiger partial charge in [-0.15, -0.1) is 0 Å². The van der Waals surface area contributed by atoms with Gasteiger partial charge in [0.1, 0.15) is 0 Å². The molecule has 3 rings (SSSR count). The predicted molar refractivity (Wildman–Crippen MR) is 84.1 cm³/mol. The zero-order valence-corrected chi connectivity index (χ0v) is 12.6. The van der Waals surface area contributed by atoms with Crippen molar-refractivity contribution in [1.29, 1.82) is 0 Å². The van der Waals surface area contributed by atoms with Crippen LogP contribution >= 0.6 is 0 Å². The van der Waals surface area contributed by atoms with Gasteiger partial charge < -0.3 is 9.97 Å². The summed E-state index contributed by atoms with van der Waals surface area (Å²) in [7, 11) is -3.68. The summed E-state index contributed by atoms with van der Waals surface area (Å²) >= 11 is 0. The van der Waals surface area contributed by atoms with Crippen molar-refractivity contribution < 1.29 is 8.42 Å². The van der Waals surface area contributed by atoms with Crippen molar-refractivity contribution in [3.8, 4) is 0 Å². The van der Waals surface area contributed by atoms with Crippen molar-refractivity contribution in [3.63, 3.8) is 0 Å². The van der Waals surface area contributed by atoms with Crippen LogP contribution < -0.4 is 10.4 Å². The number of benzene rings is 2. The summed E-state index contributed by atoms with van der Waals surface area (Å²) in [6, 6.07) is 13.4. The molecule has 1 heterocycles. The number of nitrogens with one attached hydrogen (secondary N) is 3. The van der Waals surface area contributed by atoms with Crippen molar-refractivity contribution in [2.45, 2.75) is 17.9 Å². The van der Waals surface area contributed by atoms with E-state index in [-0.39, 0.29) is 16.6 Å². The number of hydrogen-bond donors (Lipinski definition) is 3. The Bertz CT molecular complexity index is 958. The Hall–Kier alpha value is -2.38. The van der Waals surface area contributed by atoms with E-state index in [1.807, 2.05) is 30.3 Å². The zero-order chi connectivity index (χ0) is 15.7. The number of aromatic nitrogens is 2. The summed E-state index contributed by atoms with van der Waals surface area (Å²) in [6.07, 6.45) is 0. The molecule has 3 aromatic rings. The molecule has 3 N–H and O–H groups in total. The van der Waals surface area contributed by atoms with Gasteiger partial charge in [-0.05, 0) is 30.7 Å². The lowest BCUT2D eigenvalue weighted by Gasteiger charge is -2.14. The van der Waals surface area contributed by atoms with E-state index in [4.69, 9.17) is 0 Å². The Kier molecular flexibility index (Phi) is 3.59. The SMILES string of the molecule is CC(NS(=O)(=O)c1ccc2[nH]c(=O)[nH]c2c1)c1ccccc1. The van der Waals surface area contributed by atoms with Gasteiger partial charge in [0.2, 0.25) is 10.0 Å². The first-order valence-electron chi connectivity index (χ1n) is 6.75. The summed E-state index contributed by atoms with van der Waals surface area (Å²) in [5.74, 6) is 0. The lowest BCUT2D eigenvalue weighted by atomic mass is 10.1. The smallest absolute Gasteiger partial charge is 0.306 e. The van der Waals surface area contributed by atoms with Gasteiger partial charge >= 0.3 is 5.69 Å². The minimum Gasteiger partial charge on any atom is -0.306 e. The van der Waals surface area contributed by atoms with E-state index in [0.29, 0.717) is 11.0 Å². The minimum atomic E-state index is -3.68. The van der Waals surface area contributed by atoms with E-state index < -0.39 is 10.0 Å². The van der Waals surface area contributed by atoms with Crippen molar-refractivity contribution in [2.75, 3.05) is 0 Å². The second kappa shape index (κ2) is 5.43. The minimum absolute atomic E-state index is 0.109. The third-order valence-electron chi connectivity index (χ3n) is 3.43. The molecule has 7 heteroatoms. The molecular formula is C15H15N3O3S. The molecule has 0 aliphatic heterocycles. The largest absolute Gasteiger partial charge is 0.323 e. The molecule has 0 radical (unpaired) electrons. The average Bonchev–Trinajstić information content (AvgIpc) is 2.86. The Balaban J connectivity index is 1.92. The Morgan fingerprint density at radius 3 is 2.41 bits per heavy atom. The number of rotatable bonds is 4. The summed E-state index contributed by atoms with van der Waals surface area (Å²) in [5, 5.41) is 0. The van der Waals surface area contributed by atoms with Crippen LogP contribution in [-0.2, 0) is 10.0 Å². The molecule has 114 valence electrons. The summed E-state index contributed by atoms with van der Waals surface area (Å²) in [4.78, 5) is 16.5. The van der Waals surface area contributed by atoms with Crippen molar-refractivity contribution >= 4 is 21.1 Å². The monoisotopic (exact) mass is 317 g/mol. The molecule has 0 aliphatic carbocycles. The summed E-state index contributed by atoms with van der Waals surface area (Å²) in [6.45, 7) is 1.78. The summed E-state index contributed by atoms with van der Waals surface area (Å²) < 4.78 is 27.5. The molecule has 22 heavy (non-hydrogen) atoms. The van der Waals surface area contributed by atoms with Crippen LogP contribution in [0.5, 0.6) is 0 Å². The highest BCUT2D eigenvalue weighted by Crippen LogP contribution is 2.19. The zero-order valence-electron chi connectivity index (χ0n) is 11.8. The second-order valence-electron chi connectivity index (χ2n) is 5.04. The number of imidazole rings is 1. The Labute approximate surface area is 127 Å². The van der Waals surface area contributed by atoms with E-state index in [2.05, 4.69) is 14.7 Å². The fraction of sp³-hybridized carbons (Fsp3) is 0.133. The topological polar surface area (TPSA) is 94.8 Å². The first kappa shape index (κ1) is 14.6. The average molecular weight is 317 g/mol. The van der Waals surface area contributed by atoms with Gasteiger partial charge in [0.05, 0.1) is 15.9 Å². The molecule has 2 aromatic carbocycles. The van der Waals surface area contributed by atoms with Gasteiger partial charge in [-0.25, -0.2) is 17.9 Å². The van der Waals surface area contributed by atoms with E-state index in [1.165, 1.54) is 12.1 Å². The lowest BCUT2D eigenvalue weighted by Crippen LogP contribution is -2.26. The first-order chi connectivity index (χ1) is 10.5. The van der Waals surface area contributed by atoms with Gasteiger partial charge in [-0.2, -0.15) is 0 Å². The van der Waals surface area contributed by atoms with Crippen molar-refractivity contribution in [1.82, 2.24) is 14.7 Å². The molecule has 1 aromatic heterocycles. The van der Waals surface area contributed by atoms with E-state index in [9.17, 15) is 13.2 Å². The molecule has 0 saturated carbocycles. The fourth-order valence-corrected chi connectivity index (χ4v) is 3.55. The van der Waals surface area contributed by atoms with Crippen LogP contribution in [0.25, 0.3) is 11.0 Å². The number of aromatic amines is 2. The quantitative estimate of drug-likeness (QED) is 0.686. The van der Waals surface area contributed by atoms with Crippen LogP contribution in [0, 0.1) is 0 Å². The Morgan fingerprint density at radius 2 is 1.68 bits per heavy atom. The number of sulfonamides is 1. The maximum absolute atomic E-state index is 12.5. The second-order valence-corrected chi connectivity index (χ2v) is 6.75. The highest BCUT2D eigenvalue weighted by atomic mass is 32.2. The van der Waals surface area contributed by atoms with Crippen LogP contribution in [0.3, 0.4) is 0 Å². The standard InChI is InChI=1S/C15H15N3O3S/c1-10(11-5-3-2-4-6-11)18-22(20,21)12-7-8-13-14(9-12)17-15(19)16-13/h2-10,18H,1H3,(H2,16,17,19).